The lowest BCUT2D eigenvalue weighted by Gasteiger charge is -2.23. The van der Waals surface area contributed by atoms with Crippen molar-refractivity contribution in [3.05, 3.63) is 35.2 Å². The quantitative estimate of drug-likeness (QED) is 0.829. The molecule has 6 nitrogen and oxygen atoms in total. The summed E-state index contributed by atoms with van der Waals surface area (Å²) in [5.41, 5.74) is -0.366. The summed E-state index contributed by atoms with van der Waals surface area (Å²) in [5.74, 6) is -1.24. The van der Waals surface area contributed by atoms with Gasteiger partial charge in [0.25, 0.3) is 5.91 Å². The molecule has 0 bridgehead atoms. The maximum atomic E-state index is 12.1. The van der Waals surface area contributed by atoms with E-state index in [0.29, 0.717) is 4.88 Å². The maximum Gasteiger partial charge on any atom is 0.348 e. The van der Waals surface area contributed by atoms with Gasteiger partial charge >= 0.3 is 5.97 Å². The van der Waals surface area contributed by atoms with Crippen molar-refractivity contribution >= 4 is 39.2 Å². The van der Waals surface area contributed by atoms with E-state index in [9.17, 15) is 14.4 Å². The van der Waals surface area contributed by atoms with Gasteiger partial charge in [-0.25, -0.2) is 4.79 Å². The number of fused-ring (bicyclic) bond motifs is 1. The molecule has 1 aromatic carbocycles. The highest BCUT2D eigenvalue weighted by Gasteiger charge is 2.19. The Bertz CT molecular complexity index is 759. The van der Waals surface area contributed by atoms with Crippen molar-refractivity contribution < 1.29 is 19.1 Å². The monoisotopic (exact) mass is 362 g/mol. The fraction of sp³-hybridized carbons (Fsp3) is 0.389. The minimum atomic E-state index is -0.540. The first-order valence-electron chi connectivity index (χ1n) is 7.86. The molecule has 0 aliphatic heterocycles. The van der Waals surface area contributed by atoms with Crippen molar-refractivity contribution in [2.45, 2.75) is 26.3 Å². The fourth-order valence-corrected chi connectivity index (χ4v) is 3.11. The van der Waals surface area contributed by atoms with Crippen LogP contribution in [0.3, 0.4) is 0 Å². The first-order valence-corrected chi connectivity index (χ1v) is 8.68. The van der Waals surface area contributed by atoms with Crippen molar-refractivity contribution in [1.82, 2.24) is 10.2 Å². The van der Waals surface area contributed by atoms with E-state index in [1.165, 1.54) is 23.3 Å². The van der Waals surface area contributed by atoms with Crippen LogP contribution in [-0.2, 0) is 14.3 Å². The van der Waals surface area contributed by atoms with Crippen LogP contribution in [0.15, 0.2) is 30.3 Å². The molecule has 0 aliphatic rings. The van der Waals surface area contributed by atoms with E-state index in [2.05, 4.69) is 5.32 Å². The standard InChI is InChI=1S/C18H22N2O4S/c1-18(2,3)19-15(21)10-20(4)16(22)11-24-17(23)14-9-12-7-5-6-8-13(12)25-14/h5-9H,10-11H2,1-4H3,(H,19,21). The normalized spacial score (nSPS) is 11.2. The topological polar surface area (TPSA) is 75.7 Å². The molecule has 2 aromatic rings. The number of nitrogens with one attached hydrogen (secondary N) is 1. The first-order chi connectivity index (χ1) is 11.7. The Hall–Kier alpha value is -2.41. The van der Waals surface area contributed by atoms with Gasteiger partial charge in [-0.2, -0.15) is 0 Å². The number of benzene rings is 1. The van der Waals surface area contributed by atoms with Gasteiger partial charge in [-0.15, -0.1) is 11.3 Å². The van der Waals surface area contributed by atoms with Gasteiger partial charge in [0.2, 0.25) is 5.91 Å². The van der Waals surface area contributed by atoms with Crippen LogP contribution in [0, 0.1) is 0 Å². The molecule has 0 spiro atoms. The van der Waals surface area contributed by atoms with Crippen molar-refractivity contribution in [3.63, 3.8) is 0 Å². The summed E-state index contributed by atoms with van der Waals surface area (Å²) in [7, 11) is 1.50. The lowest BCUT2D eigenvalue weighted by Crippen LogP contribution is -2.46. The van der Waals surface area contributed by atoms with Crippen molar-refractivity contribution in [2.24, 2.45) is 0 Å². The Morgan fingerprint density at radius 2 is 1.88 bits per heavy atom. The molecule has 1 heterocycles. The Morgan fingerprint density at radius 1 is 1.20 bits per heavy atom. The summed E-state index contributed by atoms with van der Waals surface area (Å²) in [4.78, 5) is 37.6. The van der Waals surface area contributed by atoms with Crippen LogP contribution in [0.1, 0.15) is 30.4 Å². The summed E-state index contributed by atoms with van der Waals surface area (Å²) in [5, 5.41) is 3.73. The van der Waals surface area contributed by atoms with Crippen molar-refractivity contribution in [1.29, 1.82) is 0 Å². The Balaban J connectivity index is 1.86. The second-order valence-electron chi connectivity index (χ2n) is 6.77. The van der Waals surface area contributed by atoms with E-state index in [1.807, 2.05) is 45.0 Å². The van der Waals surface area contributed by atoms with Gasteiger partial charge in [0, 0.05) is 17.3 Å². The minimum Gasteiger partial charge on any atom is -0.451 e. The number of amides is 2. The number of carbonyl (C=O) groups excluding carboxylic acids is 3. The van der Waals surface area contributed by atoms with Crippen LogP contribution in [-0.4, -0.2) is 48.4 Å². The zero-order valence-corrected chi connectivity index (χ0v) is 15.6. The maximum absolute atomic E-state index is 12.1. The summed E-state index contributed by atoms with van der Waals surface area (Å²) in [6.45, 7) is 5.10. The molecule has 0 saturated carbocycles. The predicted octanol–water partition coefficient (Wildman–Crippen LogP) is 2.43. The van der Waals surface area contributed by atoms with Crippen molar-refractivity contribution in [2.75, 3.05) is 20.2 Å². The molecule has 25 heavy (non-hydrogen) atoms. The van der Waals surface area contributed by atoms with Crippen LogP contribution in [0.5, 0.6) is 0 Å². The summed E-state index contributed by atoms with van der Waals surface area (Å²) >= 11 is 1.32. The van der Waals surface area contributed by atoms with E-state index in [4.69, 9.17) is 4.74 Å². The highest BCUT2D eigenvalue weighted by molar-refractivity contribution is 7.20. The lowest BCUT2D eigenvalue weighted by molar-refractivity contribution is -0.137. The molecule has 0 unspecified atom stereocenters. The Morgan fingerprint density at radius 3 is 2.52 bits per heavy atom. The molecule has 0 radical (unpaired) electrons. The average Bonchev–Trinajstić information content (AvgIpc) is 2.94. The third-order valence-electron chi connectivity index (χ3n) is 3.27. The molecular formula is C18H22N2O4S. The molecule has 0 aliphatic carbocycles. The molecule has 1 aromatic heterocycles. The van der Waals surface area contributed by atoms with Gasteiger partial charge in [0.15, 0.2) is 6.61 Å². The highest BCUT2D eigenvalue weighted by Crippen LogP contribution is 2.25. The number of nitrogens with zero attached hydrogens (tertiary/aromatic N) is 1. The van der Waals surface area contributed by atoms with Crippen molar-refractivity contribution in [3.8, 4) is 0 Å². The number of likely N-dealkylation sites (N-methyl/N-ethyl adjacent to an activating group) is 1. The molecule has 1 N–H and O–H groups in total. The lowest BCUT2D eigenvalue weighted by atomic mass is 10.1. The number of rotatable bonds is 5. The van der Waals surface area contributed by atoms with Crippen LogP contribution in [0.25, 0.3) is 10.1 Å². The SMILES string of the molecule is CN(CC(=O)NC(C)(C)C)C(=O)COC(=O)c1cc2ccccc2s1. The summed E-state index contributed by atoms with van der Waals surface area (Å²) in [6, 6.07) is 9.37. The van der Waals surface area contributed by atoms with Crippen LogP contribution in [0.4, 0.5) is 0 Å². The van der Waals surface area contributed by atoms with Gasteiger partial charge in [-0.05, 0) is 38.3 Å². The molecule has 134 valence electrons. The smallest absolute Gasteiger partial charge is 0.348 e. The molecular weight excluding hydrogens is 340 g/mol. The van der Waals surface area contributed by atoms with Gasteiger partial charge in [0.1, 0.15) is 4.88 Å². The van der Waals surface area contributed by atoms with Gasteiger partial charge < -0.3 is 15.0 Å². The third-order valence-corrected chi connectivity index (χ3v) is 4.37. The van der Waals surface area contributed by atoms with Gasteiger partial charge in [-0.1, -0.05) is 18.2 Å². The zero-order valence-electron chi connectivity index (χ0n) is 14.8. The number of ether oxygens (including phenoxy) is 1. The van der Waals surface area contributed by atoms with Crippen LogP contribution < -0.4 is 5.32 Å². The highest BCUT2D eigenvalue weighted by atomic mass is 32.1. The molecule has 2 amide bonds. The molecule has 0 atom stereocenters. The van der Waals surface area contributed by atoms with Crippen LogP contribution >= 0.6 is 11.3 Å². The largest absolute Gasteiger partial charge is 0.451 e. The average molecular weight is 362 g/mol. The minimum absolute atomic E-state index is 0.0868. The Labute approximate surface area is 150 Å². The third kappa shape index (κ3) is 5.56. The number of carbonyl (C=O) groups is 3. The molecule has 0 saturated heterocycles. The summed E-state index contributed by atoms with van der Waals surface area (Å²) in [6.07, 6.45) is 0. The van der Waals surface area contributed by atoms with E-state index < -0.39 is 18.5 Å². The first kappa shape index (κ1) is 18.9. The van der Waals surface area contributed by atoms with Gasteiger partial charge in [-0.3, -0.25) is 9.59 Å². The number of hydrogen-bond donors (Lipinski definition) is 1. The number of esters is 1. The second kappa shape index (κ2) is 7.65. The Kier molecular flexibility index (Phi) is 5.79. The summed E-state index contributed by atoms with van der Waals surface area (Å²) < 4.78 is 6.05. The number of hydrogen-bond acceptors (Lipinski definition) is 5. The predicted molar refractivity (Wildman–Crippen MR) is 97.6 cm³/mol. The fourth-order valence-electron chi connectivity index (χ4n) is 2.15. The van der Waals surface area contributed by atoms with E-state index >= 15 is 0 Å². The van der Waals surface area contributed by atoms with Gasteiger partial charge in [0.05, 0.1) is 6.54 Å². The van der Waals surface area contributed by atoms with Crippen LogP contribution in [0.2, 0.25) is 0 Å². The van der Waals surface area contributed by atoms with E-state index in [1.54, 1.807) is 6.07 Å². The van der Waals surface area contributed by atoms with E-state index in [0.717, 1.165) is 10.1 Å². The molecule has 2 rings (SSSR count). The molecule has 0 fully saturated rings. The van der Waals surface area contributed by atoms with E-state index in [-0.39, 0.29) is 18.0 Å². The second-order valence-corrected chi connectivity index (χ2v) is 7.86. The molecule has 7 heteroatoms. The zero-order chi connectivity index (χ0) is 18.6. The number of thiophene rings is 1.